The van der Waals surface area contributed by atoms with Gasteiger partial charge in [-0.2, -0.15) is 0 Å². The zero-order chi connectivity index (χ0) is 31.2. The molecule has 1 saturated carbocycles. The molecule has 6 rings (SSSR count). The Hall–Kier alpha value is -4.38. The first-order valence-corrected chi connectivity index (χ1v) is 16.1. The number of carbonyl (C=O) groups is 2. The fraction of sp³-hybridized carbons (Fsp3) is 0.471. The Kier molecular flexibility index (Phi) is 9.63. The number of alkyl carbamates (subject to hydrolysis) is 1. The Balaban J connectivity index is 1.22. The van der Waals surface area contributed by atoms with E-state index in [1.807, 2.05) is 60.4 Å². The number of aromatic nitrogens is 3. The molecular formula is C34H42N6O5. The number of nitrogens with zero attached hydrogens (tertiary/aromatic N) is 4. The molecule has 11 nitrogen and oxygen atoms in total. The molecular weight excluding hydrogens is 572 g/mol. The van der Waals surface area contributed by atoms with Gasteiger partial charge in [-0.25, -0.2) is 14.8 Å². The van der Waals surface area contributed by atoms with E-state index < -0.39 is 6.09 Å². The van der Waals surface area contributed by atoms with Gasteiger partial charge in [0.2, 0.25) is 0 Å². The molecule has 11 heteroatoms. The summed E-state index contributed by atoms with van der Waals surface area (Å²) in [6.45, 7) is 6.53. The summed E-state index contributed by atoms with van der Waals surface area (Å²) in [4.78, 5) is 37.9. The molecule has 0 spiro atoms. The summed E-state index contributed by atoms with van der Waals surface area (Å²) in [6, 6.07) is 15.4. The lowest BCUT2D eigenvalue weighted by Gasteiger charge is -2.36. The van der Waals surface area contributed by atoms with Crippen LogP contribution in [-0.4, -0.2) is 76.4 Å². The van der Waals surface area contributed by atoms with Crippen LogP contribution in [0, 0.1) is 0 Å². The molecule has 2 aliphatic rings. The fourth-order valence-electron chi connectivity index (χ4n) is 6.52. The van der Waals surface area contributed by atoms with E-state index in [4.69, 9.17) is 18.9 Å². The van der Waals surface area contributed by atoms with Crippen molar-refractivity contribution in [2.75, 3.05) is 32.8 Å². The lowest BCUT2D eigenvalue weighted by atomic mass is 9.89. The number of ether oxygens (including phenoxy) is 2. The van der Waals surface area contributed by atoms with Crippen LogP contribution in [0.25, 0.3) is 22.4 Å². The minimum atomic E-state index is -0.412. The first-order chi connectivity index (χ1) is 22.1. The highest BCUT2D eigenvalue weighted by molar-refractivity contribution is 5.98. The molecule has 1 aliphatic heterocycles. The molecule has 2 fully saturated rings. The lowest BCUT2D eigenvalue weighted by molar-refractivity contribution is 0.0601. The van der Waals surface area contributed by atoms with Crippen LogP contribution in [-0.2, 0) is 11.2 Å². The van der Waals surface area contributed by atoms with Gasteiger partial charge in [0.15, 0.2) is 17.2 Å². The maximum Gasteiger partial charge on any atom is 0.407 e. The van der Waals surface area contributed by atoms with Gasteiger partial charge in [-0.15, -0.1) is 0 Å². The van der Waals surface area contributed by atoms with Crippen molar-refractivity contribution >= 4 is 23.1 Å². The molecule has 3 atom stereocenters. The average molecular weight is 615 g/mol. The number of hydrogen-bond donors (Lipinski definition) is 2. The zero-order valence-electron chi connectivity index (χ0n) is 26.0. The Bertz CT molecular complexity index is 1600. The summed E-state index contributed by atoms with van der Waals surface area (Å²) in [7, 11) is 0. The van der Waals surface area contributed by atoms with E-state index in [2.05, 4.69) is 20.2 Å². The molecule has 238 valence electrons. The highest BCUT2D eigenvalue weighted by atomic mass is 16.5. The minimum absolute atomic E-state index is 0.0462. The molecule has 2 N–H and O–H groups in total. The third-order valence-electron chi connectivity index (χ3n) is 8.75. The average Bonchev–Trinajstić information content (AvgIpc) is 3.70. The van der Waals surface area contributed by atoms with Crippen LogP contribution in [0.3, 0.4) is 0 Å². The van der Waals surface area contributed by atoms with Gasteiger partial charge in [-0.3, -0.25) is 4.79 Å². The van der Waals surface area contributed by atoms with Crippen molar-refractivity contribution in [3.63, 3.8) is 0 Å². The summed E-state index contributed by atoms with van der Waals surface area (Å²) in [5.74, 6) is 1.33. The number of carbonyl (C=O) groups excluding carboxylic acids is 2. The molecule has 4 aromatic rings. The highest BCUT2D eigenvalue weighted by Crippen LogP contribution is 2.35. The van der Waals surface area contributed by atoms with E-state index in [1.54, 1.807) is 13.3 Å². The molecule has 1 saturated heterocycles. The van der Waals surface area contributed by atoms with Crippen LogP contribution in [0.15, 0.2) is 59.3 Å². The van der Waals surface area contributed by atoms with Gasteiger partial charge in [0.05, 0.1) is 37.3 Å². The zero-order valence-corrected chi connectivity index (χ0v) is 26.0. The first-order valence-electron chi connectivity index (χ1n) is 16.1. The van der Waals surface area contributed by atoms with Crippen LogP contribution in [0.2, 0.25) is 0 Å². The third kappa shape index (κ3) is 6.83. The number of oxazole rings is 1. The summed E-state index contributed by atoms with van der Waals surface area (Å²) >= 11 is 0. The van der Waals surface area contributed by atoms with Gasteiger partial charge >= 0.3 is 6.09 Å². The highest BCUT2D eigenvalue weighted by Gasteiger charge is 2.35. The van der Waals surface area contributed by atoms with Gasteiger partial charge < -0.3 is 34.0 Å². The number of amides is 2. The molecule has 2 aromatic heterocycles. The van der Waals surface area contributed by atoms with Crippen LogP contribution in [0.5, 0.6) is 5.75 Å². The Morgan fingerprint density at radius 2 is 1.96 bits per heavy atom. The van der Waals surface area contributed by atoms with E-state index in [0.717, 1.165) is 60.2 Å². The number of imidazole rings is 1. The Morgan fingerprint density at radius 1 is 1.11 bits per heavy atom. The molecule has 0 radical (unpaired) electrons. The van der Waals surface area contributed by atoms with Crippen molar-refractivity contribution in [2.24, 2.45) is 0 Å². The maximum absolute atomic E-state index is 14.3. The molecule has 2 aromatic carbocycles. The van der Waals surface area contributed by atoms with Crippen molar-refractivity contribution in [3.05, 3.63) is 66.4 Å². The summed E-state index contributed by atoms with van der Waals surface area (Å²) in [5, 5.41) is 6.51. The summed E-state index contributed by atoms with van der Waals surface area (Å²) < 4.78 is 19.1. The fourth-order valence-corrected chi connectivity index (χ4v) is 6.52. The van der Waals surface area contributed by atoms with E-state index in [9.17, 15) is 9.59 Å². The molecule has 0 bridgehead atoms. The van der Waals surface area contributed by atoms with Gasteiger partial charge in [0, 0.05) is 50.1 Å². The quantitative estimate of drug-likeness (QED) is 0.245. The minimum Gasteiger partial charge on any atom is -0.493 e. The van der Waals surface area contributed by atoms with Gasteiger partial charge in [-0.05, 0) is 31.9 Å². The van der Waals surface area contributed by atoms with E-state index in [-0.39, 0.29) is 24.0 Å². The van der Waals surface area contributed by atoms with Crippen molar-refractivity contribution in [3.8, 4) is 17.0 Å². The second-order valence-corrected chi connectivity index (χ2v) is 11.6. The normalized spacial score (nSPS) is 20.2. The number of piperazine rings is 1. The molecule has 3 heterocycles. The SMILES string of the molecule is CCOC(=O)N[C@H]1CCCC[C@@H]1n1cnc(C(=O)N2CCNC[C@H]2CCOc2ccc3oc(CC)nc3c2)c1-c1ccccc1. The predicted octanol–water partition coefficient (Wildman–Crippen LogP) is 5.37. The third-order valence-corrected chi connectivity index (χ3v) is 8.75. The Morgan fingerprint density at radius 3 is 2.78 bits per heavy atom. The lowest BCUT2D eigenvalue weighted by Crippen LogP contribution is -2.54. The van der Waals surface area contributed by atoms with Gasteiger partial charge in [0.1, 0.15) is 11.3 Å². The Labute approximate surface area is 263 Å². The molecule has 1 aliphatic carbocycles. The summed E-state index contributed by atoms with van der Waals surface area (Å²) in [5.41, 5.74) is 3.66. The van der Waals surface area contributed by atoms with Crippen molar-refractivity contribution in [2.45, 2.75) is 70.5 Å². The number of hydrogen-bond acceptors (Lipinski definition) is 8. The molecule has 0 unspecified atom stereocenters. The number of aryl methyl sites for hydroxylation is 1. The number of fused-ring (bicyclic) bond motifs is 1. The van der Waals surface area contributed by atoms with E-state index in [1.165, 1.54) is 0 Å². The monoisotopic (exact) mass is 614 g/mol. The second kappa shape index (κ2) is 14.2. The first kappa shape index (κ1) is 30.6. The van der Waals surface area contributed by atoms with E-state index in [0.29, 0.717) is 50.9 Å². The van der Waals surface area contributed by atoms with Crippen molar-refractivity contribution in [1.82, 2.24) is 30.1 Å². The van der Waals surface area contributed by atoms with E-state index >= 15 is 0 Å². The second-order valence-electron chi connectivity index (χ2n) is 11.6. The number of nitrogens with one attached hydrogen (secondary N) is 2. The molecule has 45 heavy (non-hydrogen) atoms. The van der Waals surface area contributed by atoms with Crippen LogP contribution >= 0.6 is 0 Å². The van der Waals surface area contributed by atoms with Crippen molar-refractivity contribution < 1.29 is 23.5 Å². The van der Waals surface area contributed by atoms with Gasteiger partial charge in [0.25, 0.3) is 5.91 Å². The topological polar surface area (TPSA) is 124 Å². The standard InChI is InChI=1S/C34H42N6O5/c1-3-30-37-27-20-25(14-15-29(27)45-30)44-19-16-24-21-35-17-18-39(24)33(41)31-32(23-10-6-5-7-11-23)40(22-36-31)28-13-9-8-12-26(28)38-34(42)43-4-2/h5-7,10-11,14-15,20,22,24,26,28,35H,3-4,8-9,12-13,16-19,21H2,1-2H3,(H,38,42)/t24-,26+,28+/m1/s1. The predicted molar refractivity (Wildman–Crippen MR) is 170 cm³/mol. The largest absolute Gasteiger partial charge is 0.493 e. The molecule has 2 amide bonds. The van der Waals surface area contributed by atoms with Crippen LogP contribution in [0.1, 0.15) is 68.4 Å². The number of benzene rings is 2. The summed E-state index contributed by atoms with van der Waals surface area (Å²) in [6.07, 6.45) is 6.51. The van der Waals surface area contributed by atoms with Crippen LogP contribution in [0.4, 0.5) is 4.79 Å². The smallest absolute Gasteiger partial charge is 0.407 e. The van der Waals surface area contributed by atoms with Crippen molar-refractivity contribution in [1.29, 1.82) is 0 Å². The number of rotatable bonds is 10. The maximum atomic E-state index is 14.3. The van der Waals surface area contributed by atoms with Gasteiger partial charge in [-0.1, -0.05) is 50.1 Å². The van der Waals surface area contributed by atoms with Crippen LogP contribution < -0.4 is 15.4 Å².